The van der Waals surface area contributed by atoms with Crippen LogP contribution in [0.15, 0.2) is 39.8 Å². The van der Waals surface area contributed by atoms with Crippen LogP contribution in [0.2, 0.25) is 0 Å². The fourth-order valence-electron chi connectivity index (χ4n) is 1.97. The molecule has 0 aliphatic heterocycles. The first-order chi connectivity index (χ1) is 11.4. The molecule has 3 N–H and O–H groups in total. The first-order valence-electron chi connectivity index (χ1n) is 7.20. The second-order valence-electron chi connectivity index (χ2n) is 4.67. The van der Waals surface area contributed by atoms with Crippen molar-refractivity contribution in [3.05, 3.63) is 34.9 Å². The fourth-order valence-corrected chi connectivity index (χ4v) is 3.62. The second-order valence-corrected chi connectivity index (χ2v) is 7.23. The maximum atomic E-state index is 12.7. The first kappa shape index (κ1) is 18.3. The number of benzene rings is 1. The zero-order chi connectivity index (χ0) is 17.7. The van der Waals surface area contributed by atoms with Gasteiger partial charge in [-0.15, -0.1) is 0 Å². The minimum absolute atomic E-state index is 0.0929. The number of nitrogens with two attached hydrogens (primary N) is 1. The predicted molar refractivity (Wildman–Crippen MR) is 95.9 cm³/mol. The van der Waals surface area contributed by atoms with Crippen molar-refractivity contribution < 1.29 is 17.9 Å². The molecule has 0 atom stereocenters. The van der Waals surface area contributed by atoms with Gasteiger partial charge in [0.2, 0.25) is 0 Å². The molecular weight excluding hydrogens is 398 g/mol. The van der Waals surface area contributed by atoms with Gasteiger partial charge in [-0.25, -0.2) is 13.4 Å². The Kier molecular flexibility index (Phi) is 5.89. The average Bonchev–Trinajstić information content (AvgIpc) is 2.52. The number of nitrogen functional groups attached to an aromatic ring is 1. The molecule has 7 nitrogen and oxygen atoms in total. The summed E-state index contributed by atoms with van der Waals surface area (Å²) < 4.78 is 39.2. The van der Waals surface area contributed by atoms with Crippen molar-refractivity contribution in [3.8, 4) is 11.5 Å². The van der Waals surface area contributed by atoms with Gasteiger partial charge in [0.05, 0.1) is 18.9 Å². The minimum atomic E-state index is -3.94. The first-order valence-corrected chi connectivity index (χ1v) is 9.48. The van der Waals surface area contributed by atoms with E-state index in [2.05, 4.69) is 25.6 Å². The Labute approximate surface area is 149 Å². The Hall–Kier alpha value is -2.00. The number of anilines is 2. The summed E-state index contributed by atoms with van der Waals surface area (Å²) in [5, 5.41) is 0. The number of nitrogens with zero attached hydrogens (tertiary/aromatic N) is 1. The lowest BCUT2D eigenvalue weighted by atomic mass is 10.3. The standard InChI is InChI=1S/C15H18BrN3O4S/c1-3-22-11-5-6-13(23-4-2)12(8-11)19-24(20,21)14-7-10(16)9-18-15(14)17/h5-9,19H,3-4H2,1-2H3,(H2,17,18). The molecule has 0 aliphatic carbocycles. The number of aromatic nitrogens is 1. The molecule has 1 aromatic carbocycles. The van der Waals surface area contributed by atoms with E-state index in [0.29, 0.717) is 29.2 Å². The number of halogens is 1. The molecule has 0 fully saturated rings. The number of sulfonamides is 1. The van der Waals surface area contributed by atoms with Crippen molar-refractivity contribution in [1.82, 2.24) is 4.98 Å². The number of rotatable bonds is 7. The van der Waals surface area contributed by atoms with Crippen molar-refractivity contribution >= 4 is 37.5 Å². The third-order valence-corrected chi connectivity index (χ3v) is 4.77. The van der Waals surface area contributed by atoms with E-state index >= 15 is 0 Å². The zero-order valence-corrected chi connectivity index (χ0v) is 15.6. The lowest BCUT2D eigenvalue weighted by molar-refractivity contribution is 0.332. The van der Waals surface area contributed by atoms with E-state index in [4.69, 9.17) is 15.2 Å². The smallest absolute Gasteiger partial charge is 0.265 e. The molecule has 2 rings (SSSR count). The van der Waals surface area contributed by atoms with Gasteiger partial charge in [-0.3, -0.25) is 4.72 Å². The van der Waals surface area contributed by atoms with Crippen molar-refractivity contribution in [2.45, 2.75) is 18.7 Å². The number of hydrogen-bond acceptors (Lipinski definition) is 6. The second kappa shape index (κ2) is 7.71. The van der Waals surface area contributed by atoms with Gasteiger partial charge in [0.15, 0.2) is 0 Å². The molecule has 130 valence electrons. The van der Waals surface area contributed by atoms with Crippen LogP contribution in [0.3, 0.4) is 0 Å². The Bertz CT molecular complexity index is 827. The van der Waals surface area contributed by atoms with E-state index in [0.717, 1.165) is 0 Å². The highest BCUT2D eigenvalue weighted by Gasteiger charge is 2.21. The SMILES string of the molecule is CCOc1ccc(OCC)c(NS(=O)(=O)c2cc(Br)cnc2N)c1. The molecule has 0 saturated heterocycles. The van der Waals surface area contributed by atoms with Gasteiger partial charge in [0, 0.05) is 16.7 Å². The van der Waals surface area contributed by atoms with E-state index in [9.17, 15) is 8.42 Å². The molecule has 0 unspecified atom stereocenters. The summed E-state index contributed by atoms with van der Waals surface area (Å²) in [6.45, 7) is 4.51. The van der Waals surface area contributed by atoms with Gasteiger partial charge in [-0.05, 0) is 48.0 Å². The average molecular weight is 416 g/mol. The van der Waals surface area contributed by atoms with Crippen molar-refractivity contribution in [3.63, 3.8) is 0 Å². The molecule has 0 aliphatic rings. The van der Waals surface area contributed by atoms with Gasteiger partial charge >= 0.3 is 0 Å². The zero-order valence-electron chi connectivity index (χ0n) is 13.2. The summed E-state index contributed by atoms with van der Waals surface area (Å²) in [7, 11) is -3.94. The lowest BCUT2D eigenvalue weighted by Gasteiger charge is -2.15. The van der Waals surface area contributed by atoms with Crippen molar-refractivity contribution in [1.29, 1.82) is 0 Å². The highest BCUT2D eigenvalue weighted by molar-refractivity contribution is 9.10. The van der Waals surface area contributed by atoms with Crippen molar-refractivity contribution in [2.75, 3.05) is 23.7 Å². The Morgan fingerprint density at radius 1 is 1.21 bits per heavy atom. The molecule has 9 heteroatoms. The number of ether oxygens (including phenoxy) is 2. The van der Waals surface area contributed by atoms with Crippen LogP contribution < -0.4 is 19.9 Å². The van der Waals surface area contributed by atoms with Crippen molar-refractivity contribution in [2.24, 2.45) is 0 Å². The van der Waals surface area contributed by atoms with Crippen LogP contribution in [-0.2, 0) is 10.0 Å². The fraction of sp³-hybridized carbons (Fsp3) is 0.267. The third kappa shape index (κ3) is 4.30. The molecular formula is C15H18BrN3O4S. The predicted octanol–water partition coefficient (Wildman–Crippen LogP) is 3.02. The van der Waals surface area contributed by atoms with Gasteiger partial charge in [-0.1, -0.05) is 0 Å². The van der Waals surface area contributed by atoms with Crippen LogP contribution in [0.4, 0.5) is 11.5 Å². The molecule has 0 saturated carbocycles. The number of pyridine rings is 1. The molecule has 2 aromatic rings. The molecule has 0 radical (unpaired) electrons. The van der Waals surface area contributed by atoms with Crippen LogP contribution >= 0.6 is 15.9 Å². The summed E-state index contributed by atoms with van der Waals surface area (Å²) in [4.78, 5) is 3.72. The van der Waals surface area contributed by atoms with Crippen LogP contribution in [0.1, 0.15) is 13.8 Å². The number of hydrogen-bond donors (Lipinski definition) is 2. The van der Waals surface area contributed by atoms with Gasteiger partial charge in [-0.2, -0.15) is 0 Å². The summed E-state index contributed by atoms with van der Waals surface area (Å²) >= 11 is 3.19. The number of nitrogens with one attached hydrogen (secondary N) is 1. The minimum Gasteiger partial charge on any atom is -0.494 e. The maximum absolute atomic E-state index is 12.7. The molecule has 0 amide bonds. The van der Waals surface area contributed by atoms with E-state index in [1.54, 1.807) is 18.2 Å². The Morgan fingerprint density at radius 2 is 1.92 bits per heavy atom. The highest BCUT2D eigenvalue weighted by atomic mass is 79.9. The van der Waals surface area contributed by atoms with Gasteiger partial charge < -0.3 is 15.2 Å². The Balaban J connectivity index is 2.44. The maximum Gasteiger partial charge on any atom is 0.265 e. The van der Waals surface area contributed by atoms with Crippen LogP contribution in [0.5, 0.6) is 11.5 Å². The van der Waals surface area contributed by atoms with Crippen LogP contribution in [0.25, 0.3) is 0 Å². The quantitative estimate of drug-likeness (QED) is 0.719. The summed E-state index contributed by atoms with van der Waals surface area (Å²) in [6, 6.07) is 6.31. The molecule has 0 bridgehead atoms. The van der Waals surface area contributed by atoms with Gasteiger partial charge in [0.25, 0.3) is 10.0 Å². The monoisotopic (exact) mass is 415 g/mol. The van der Waals surface area contributed by atoms with E-state index < -0.39 is 10.0 Å². The topological polar surface area (TPSA) is 104 Å². The van der Waals surface area contributed by atoms with Crippen LogP contribution in [0, 0.1) is 0 Å². The highest BCUT2D eigenvalue weighted by Crippen LogP contribution is 2.32. The van der Waals surface area contributed by atoms with Gasteiger partial charge in [0.1, 0.15) is 22.2 Å². The summed E-state index contributed by atoms with van der Waals surface area (Å²) in [6.07, 6.45) is 1.43. The van der Waals surface area contributed by atoms with E-state index in [-0.39, 0.29) is 16.4 Å². The van der Waals surface area contributed by atoms with E-state index in [1.165, 1.54) is 12.3 Å². The molecule has 24 heavy (non-hydrogen) atoms. The summed E-state index contributed by atoms with van der Waals surface area (Å²) in [5.74, 6) is 0.828. The van der Waals surface area contributed by atoms with Crippen LogP contribution in [-0.4, -0.2) is 26.6 Å². The summed E-state index contributed by atoms with van der Waals surface area (Å²) in [5.41, 5.74) is 5.96. The largest absolute Gasteiger partial charge is 0.494 e. The lowest BCUT2D eigenvalue weighted by Crippen LogP contribution is -2.16. The molecule has 1 heterocycles. The van der Waals surface area contributed by atoms with E-state index in [1.807, 2.05) is 13.8 Å². The third-order valence-electron chi connectivity index (χ3n) is 2.94. The Morgan fingerprint density at radius 3 is 2.58 bits per heavy atom. The molecule has 1 aromatic heterocycles. The molecule has 0 spiro atoms. The normalized spacial score (nSPS) is 11.1.